The molecule has 0 radical (unpaired) electrons. The van der Waals surface area contributed by atoms with Crippen molar-refractivity contribution in [3.63, 3.8) is 0 Å². The van der Waals surface area contributed by atoms with Crippen LogP contribution in [0, 0.1) is 20.8 Å². The summed E-state index contributed by atoms with van der Waals surface area (Å²) in [4.78, 5) is 28.1. The van der Waals surface area contributed by atoms with E-state index in [1.54, 1.807) is 25.3 Å². The largest absolute Gasteiger partial charge is 0.507 e. The molecule has 5 heteroatoms. The Morgan fingerprint density at radius 1 is 0.906 bits per heavy atom. The molecule has 1 unspecified atom stereocenters. The number of ether oxygens (including phenoxy) is 1. The van der Waals surface area contributed by atoms with E-state index in [2.05, 4.69) is 0 Å². The van der Waals surface area contributed by atoms with Gasteiger partial charge < -0.3 is 9.84 Å². The van der Waals surface area contributed by atoms with Crippen molar-refractivity contribution in [3.8, 4) is 5.75 Å². The third-order valence-electron chi connectivity index (χ3n) is 6.08. The molecule has 1 N–H and O–H groups in total. The minimum absolute atomic E-state index is 0.0790. The summed E-state index contributed by atoms with van der Waals surface area (Å²) in [5.74, 6) is -0.896. The van der Waals surface area contributed by atoms with Crippen LogP contribution in [-0.2, 0) is 9.59 Å². The molecule has 0 spiro atoms. The van der Waals surface area contributed by atoms with Crippen molar-refractivity contribution >= 4 is 23.1 Å². The number of hydrogen-bond donors (Lipinski definition) is 1. The average Bonchev–Trinajstić information content (AvgIpc) is 3.06. The molecule has 1 heterocycles. The predicted octanol–water partition coefficient (Wildman–Crippen LogP) is 5.25. The van der Waals surface area contributed by atoms with Gasteiger partial charge in [-0.3, -0.25) is 14.5 Å². The summed E-state index contributed by atoms with van der Waals surface area (Å²) in [7, 11) is 1.57. The lowest BCUT2D eigenvalue weighted by Crippen LogP contribution is -2.30. The van der Waals surface area contributed by atoms with Crippen LogP contribution in [0.1, 0.15) is 33.9 Å². The molecule has 4 rings (SSSR count). The van der Waals surface area contributed by atoms with Crippen molar-refractivity contribution < 1.29 is 19.4 Å². The molecule has 0 bridgehead atoms. The Bertz CT molecular complexity index is 1240. The molecule has 3 aromatic rings. The van der Waals surface area contributed by atoms with Crippen LogP contribution in [0.15, 0.2) is 72.3 Å². The molecule has 1 fully saturated rings. The van der Waals surface area contributed by atoms with Gasteiger partial charge in [0.2, 0.25) is 0 Å². The van der Waals surface area contributed by atoms with Crippen molar-refractivity contribution in [2.24, 2.45) is 0 Å². The Kier molecular flexibility index (Phi) is 5.57. The van der Waals surface area contributed by atoms with Gasteiger partial charge in [-0.1, -0.05) is 42.5 Å². The first-order valence-electron chi connectivity index (χ1n) is 10.4. The lowest BCUT2D eigenvalue weighted by atomic mass is 9.93. The Labute approximate surface area is 187 Å². The first-order valence-corrected chi connectivity index (χ1v) is 10.4. The maximum Gasteiger partial charge on any atom is 0.300 e. The summed E-state index contributed by atoms with van der Waals surface area (Å²) in [5, 5.41) is 11.3. The number of amides is 1. The second kappa shape index (κ2) is 8.35. The molecule has 0 saturated carbocycles. The average molecular weight is 428 g/mol. The number of aryl methyl sites for hydroxylation is 2. The second-order valence-corrected chi connectivity index (χ2v) is 7.98. The monoisotopic (exact) mass is 427 g/mol. The predicted molar refractivity (Wildman–Crippen MR) is 125 cm³/mol. The Morgan fingerprint density at radius 2 is 1.62 bits per heavy atom. The fraction of sp³-hybridized carbons (Fsp3) is 0.185. The zero-order chi connectivity index (χ0) is 23.0. The summed E-state index contributed by atoms with van der Waals surface area (Å²) in [5.41, 5.74) is 4.65. The molecule has 1 aliphatic heterocycles. The van der Waals surface area contributed by atoms with E-state index < -0.39 is 17.7 Å². The molecule has 0 aliphatic carbocycles. The van der Waals surface area contributed by atoms with Crippen LogP contribution in [0.2, 0.25) is 0 Å². The molecule has 1 atom stereocenters. The van der Waals surface area contributed by atoms with Crippen molar-refractivity contribution in [2.75, 3.05) is 12.0 Å². The molecule has 3 aromatic carbocycles. The fourth-order valence-corrected chi connectivity index (χ4v) is 4.20. The molecule has 5 nitrogen and oxygen atoms in total. The molecule has 1 aliphatic rings. The van der Waals surface area contributed by atoms with Gasteiger partial charge in [-0.05, 0) is 67.3 Å². The van der Waals surface area contributed by atoms with Crippen LogP contribution in [-0.4, -0.2) is 23.9 Å². The molecule has 162 valence electrons. The number of carbonyl (C=O) groups is 2. The van der Waals surface area contributed by atoms with E-state index in [1.165, 1.54) is 4.90 Å². The quantitative estimate of drug-likeness (QED) is 0.351. The molecular formula is C27H25NO4. The highest BCUT2D eigenvalue weighted by Crippen LogP contribution is 2.43. The molecule has 1 saturated heterocycles. The van der Waals surface area contributed by atoms with Crippen LogP contribution < -0.4 is 9.64 Å². The lowest BCUT2D eigenvalue weighted by Gasteiger charge is -2.27. The first kappa shape index (κ1) is 21.4. The van der Waals surface area contributed by atoms with E-state index >= 15 is 0 Å². The van der Waals surface area contributed by atoms with Gasteiger partial charge in [-0.2, -0.15) is 0 Å². The standard InChI is InChI=1S/C27H25NO4/c1-16-9-8-12-22(18(16)3)28-24(19-10-6-5-7-11-19)23(26(30)27(28)31)25(29)21-14-13-20(32-4)15-17(21)2/h5-15,24,29H,1-4H3/b25-23+. The number of carbonyl (C=O) groups excluding carboxylic acids is 2. The Hall–Kier alpha value is -3.86. The smallest absolute Gasteiger partial charge is 0.300 e. The Balaban J connectivity index is 1.98. The SMILES string of the molecule is COc1ccc(/C(O)=C2\C(=O)C(=O)N(c3cccc(C)c3C)C2c2ccccc2)c(C)c1. The number of aliphatic hydroxyl groups is 1. The summed E-state index contributed by atoms with van der Waals surface area (Å²) in [6.45, 7) is 5.73. The number of Topliss-reactive ketones (excluding diaryl/α,β-unsaturated/α-hetero) is 1. The highest BCUT2D eigenvalue weighted by Gasteiger charge is 2.47. The van der Waals surface area contributed by atoms with Gasteiger partial charge in [0.15, 0.2) is 0 Å². The summed E-state index contributed by atoms with van der Waals surface area (Å²) >= 11 is 0. The van der Waals surface area contributed by atoms with Gasteiger partial charge in [-0.25, -0.2) is 0 Å². The summed E-state index contributed by atoms with van der Waals surface area (Å²) < 4.78 is 5.26. The van der Waals surface area contributed by atoms with E-state index in [0.29, 0.717) is 17.0 Å². The van der Waals surface area contributed by atoms with Gasteiger partial charge in [0.05, 0.1) is 18.7 Å². The maximum atomic E-state index is 13.3. The number of rotatable bonds is 4. The van der Waals surface area contributed by atoms with E-state index in [1.807, 2.05) is 69.3 Å². The third-order valence-corrected chi connectivity index (χ3v) is 6.08. The maximum absolute atomic E-state index is 13.3. The third kappa shape index (κ3) is 3.46. The number of hydrogen-bond acceptors (Lipinski definition) is 4. The van der Waals surface area contributed by atoms with E-state index in [0.717, 1.165) is 22.3 Å². The topological polar surface area (TPSA) is 66.8 Å². The highest BCUT2D eigenvalue weighted by molar-refractivity contribution is 6.51. The van der Waals surface area contributed by atoms with Crippen molar-refractivity contribution in [2.45, 2.75) is 26.8 Å². The zero-order valence-corrected chi connectivity index (χ0v) is 18.5. The summed E-state index contributed by atoms with van der Waals surface area (Å²) in [6.07, 6.45) is 0. The van der Waals surface area contributed by atoms with Crippen LogP contribution >= 0.6 is 0 Å². The van der Waals surface area contributed by atoms with Crippen LogP contribution in [0.25, 0.3) is 5.76 Å². The highest BCUT2D eigenvalue weighted by atomic mass is 16.5. The first-order chi connectivity index (χ1) is 15.3. The number of nitrogens with zero attached hydrogens (tertiary/aromatic N) is 1. The van der Waals surface area contributed by atoms with Crippen molar-refractivity contribution in [1.29, 1.82) is 0 Å². The molecule has 0 aromatic heterocycles. The van der Waals surface area contributed by atoms with Gasteiger partial charge in [0.1, 0.15) is 11.5 Å². The number of ketones is 1. The molecule has 32 heavy (non-hydrogen) atoms. The number of methoxy groups -OCH3 is 1. The fourth-order valence-electron chi connectivity index (χ4n) is 4.20. The van der Waals surface area contributed by atoms with Gasteiger partial charge in [0.25, 0.3) is 11.7 Å². The van der Waals surface area contributed by atoms with Crippen molar-refractivity contribution in [1.82, 2.24) is 0 Å². The van der Waals surface area contributed by atoms with Gasteiger partial charge in [-0.15, -0.1) is 0 Å². The van der Waals surface area contributed by atoms with Crippen LogP contribution in [0.4, 0.5) is 5.69 Å². The van der Waals surface area contributed by atoms with Crippen molar-refractivity contribution in [3.05, 3.63) is 100 Å². The second-order valence-electron chi connectivity index (χ2n) is 7.98. The Morgan fingerprint density at radius 3 is 2.28 bits per heavy atom. The minimum Gasteiger partial charge on any atom is -0.507 e. The van der Waals surface area contributed by atoms with Crippen LogP contribution in [0.5, 0.6) is 5.75 Å². The van der Waals surface area contributed by atoms with E-state index in [9.17, 15) is 14.7 Å². The summed E-state index contributed by atoms with van der Waals surface area (Å²) in [6, 6.07) is 19.5. The van der Waals surface area contributed by atoms with Gasteiger partial charge in [0, 0.05) is 11.3 Å². The zero-order valence-electron chi connectivity index (χ0n) is 18.5. The number of aliphatic hydroxyl groups excluding tert-OH is 1. The normalized spacial score (nSPS) is 17.6. The molecule has 1 amide bonds. The van der Waals surface area contributed by atoms with E-state index in [-0.39, 0.29) is 11.3 Å². The lowest BCUT2D eigenvalue weighted by molar-refractivity contribution is -0.132. The van der Waals surface area contributed by atoms with E-state index in [4.69, 9.17) is 4.74 Å². The number of benzene rings is 3. The number of anilines is 1. The minimum atomic E-state index is -0.738. The van der Waals surface area contributed by atoms with Gasteiger partial charge >= 0.3 is 0 Å². The molecular weight excluding hydrogens is 402 g/mol. The van der Waals surface area contributed by atoms with Crippen LogP contribution in [0.3, 0.4) is 0 Å².